The third kappa shape index (κ3) is 3.37. The quantitative estimate of drug-likeness (QED) is 0.737. The number of unbranched alkanes of at least 4 members (excludes halogenated alkanes) is 3. The molecule has 114 valence electrons. The van der Waals surface area contributed by atoms with Gasteiger partial charge in [0, 0.05) is 5.92 Å². The van der Waals surface area contributed by atoms with Crippen molar-refractivity contribution in [3.05, 3.63) is 11.9 Å². The van der Waals surface area contributed by atoms with Crippen LogP contribution in [0.15, 0.2) is 6.20 Å². The van der Waals surface area contributed by atoms with Crippen LogP contribution >= 0.6 is 0 Å². The Hall–Kier alpha value is -0.980. The molecular formula is C14H25N3O3. The summed E-state index contributed by atoms with van der Waals surface area (Å²) in [5, 5.41) is 27.4. The van der Waals surface area contributed by atoms with Crippen LogP contribution in [-0.2, 0) is 11.2 Å². The van der Waals surface area contributed by atoms with Gasteiger partial charge in [0.25, 0.3) is 0 Å². The maximum absolute atomic E-state index is 9.95. The zero-order valence-corrected chi connectivity index (χ0v) is 12.3. The number of hydrogen-bond acceptors (Lipinski definition) is 5. The molecule has 2 N–H and O–H groups in total. The number of ether oxygens (including phenoxy) is 1. The van der Waals surface area contributed by atoms with Gasteiger partial charge in [0.15, 0.2) is 6.23 Å². The highest BCUT2D eigenvalue weighted by Gasteiger charge is 2.41. The Bertz CT molecular complexity index is 410. The molecule has 1 unspecified atom stereocenters. The Morgan fingerprint density at radius 2 is 2.15 bits per heavy atom. The lowest BCUT2D eigenvalue weighted by molar-refractivity contribution is -0.0511. The largest absolute Gasteiger partial charge is 0.394 e. The summed E-state index contributed by atoms with van der Waals surface area (Å²) in [6.07, 6.45) is 6.07. The fourth-order valence-electron chi connectivity index (χ4n) is 2.63. The van der Waals surface area contributed by atoms with Gasteiger partial charge < -0.3 is 14.9 Å². The maximum atomic E-state index is 9.95. The first-order valence-corrected chi connectivity index (χ1v) is 7.52. The van der Waals surface area contributed by atoms with Gasteiger partial charge in [-0.1, -0.05) is 38.3 Å². The standard InChI is InChI=1S/C14H25N3O3/c1-3-4-5-6-7-11-8-17(16-15-11)14-10(2)13(19)12(9-18)20-14/h8,10,12-14,18-19H,3-7,9H2,1-2H3/t10?,12-,13-,14-/m1/s1. The summed E-state index contributed by atoms with van der Waals surface area (Å²) in [7, 11) is 0. The molecule has 1 aliphatic rings. The van der Waals surface area contributed by atoms with Gasteiger partial charge in [-0.2, -0.15) is 0 Å². The second-order valence-corrected chi connectivity index (χ2v) is 5.60. The summed E-state index contributed by atoms with van der Waals surface area (Å²) in [6.45, 7) is 3.91. The molecule has 0 amide bonds. The number of nitrogens with zero attached hydrogens (tertiary/aromatic N) is 3. The highest BCUT2D eigenvalue weighted by Crippen LogP contribution is 2.33. The van der Waals surface area contributed by atoms with Crippen LogP contribution in [0.25, 0.3) is 0 Å². The molecule has 0 aromatic carbocycles. The molecule has 2 rings (SSSR count). The van der Waals surface area contributed by atoms with E-state index in [0.717, 1.165) is 18.5 Å². The van der Waals surface area contributed by atoms with Gasteiger partial charge in [0.2, 0.25) is 0 Å². The van der Waals surface area contributed by atoms with Crippen molar-refractivity contribution in [3.8, 4) is 0 Å². The van der Waals surface area contributed by atoms with Crippen molar-refractivity contribution in [2.75, 3.05) is 6.61 Å². The van der Waals surface area contributed by atoms with Gasteiger partial charge in [0.05, 0.1) is 24.6 Å². The van der Waals surface area contributed by atoms with Crippen LogP contribution < -0.4 is 0 Å². The van der Waals surface area contributed by atoms with Gasteiger partial charge >= 0.3 is 0 Å². The third-order valence-corrected chi connectivity index (χ3v) is 3.97. The molecule has 4 atom stereocenters. The van der Waals surface area contributed by atoms with E-state index in [1.54, 1.807) is 4.68 Å². The Labute approximate surface area is 119 Å². The molecule has 1 aromatic heterocycles. The minimum Gasteiger partial charge on any atom is -0.394 e. The number of aromatic nitrogens is 3. The molecule has 0 bridgehead atoms. The minimum absolute atomic E-state index is 0.109. The van der Waals surface area contributed by atoms with E-state index in [9.17, 15) is 5.11 Å². The van der Waals surface area contributed by atoms with E-state index in [1.807, 2.05) is 13.1 Å². The molecule has 6 nitrogen and oxygen atoms in total. The smallest absolute Gasteiger partial charge is 0.157 e. The first kappa shape index (κ1) is 15.4. The average Bonchev–Trinajstić information content (AvgIpc) is 3.02. The predicted molar refractivity (Wildman–Crippen MR) is 74.0 cm³/mol. The third-order valence-electron chi connectivity index (χ3n) is 3.97. The molecule has 1 saturated heterocycles. The predicted octanol–water partition coefficient (Wildman–Crippen LogP) is 1.29. The molecule has 1 aromatic rings. The van der Waals surface area contributed by atoms with E-state index in [2.05, 4.69) is 17.2 Å². The number of hydrogen-bond donors (Lipinski definition) is 2. The van der Waals surface area contributed by atoms with E-state index in [4.69, 9.17) is 9.84 Å². The molecule has 1 fully saturated rings. The van der Waals surface area contributed by atoms with Crippen LogP contribution in [0.1, 0.15) is 51.5 Å². The van der Waals surface area contributed by atoms with Crippen molar-refractivity contribution in [2.45, 2.75) is 64.4 Å². The van der Waals surface area contributed by atoms with Crippen LogP contribution in [-0.4, -0.2) is 44.0 Å². The average molecular weight is 283 g/mol. The summed E-state index contributed by atoms with van der Waals surface area (Å²) < 4.78 is 7.30. The molecule has 0 spiro atoms. The minimum atomic E-state index is -0.665. The Morgan fingerprint density at radius 3 is 2.80 bits per heavy atom. The van der Waals surface area contributed by atoms with Crippen LogP contribution in [0.5, 0.6) is 0 Å². The molecule has 0 radical (unpaired) electrons. The Balaban J connectivity index is 1.92. The van der Waals surface area contributed by atoms with E-state index in [-0.39, 0.29) is 18.8 Å². The molecule has 20 heavy (non-hydrogen) atoms. The molecular weight excluding hydrogens is 258 g/mol. The van der Waals surface area contributed by atoms with E-state index < -0.39 is 12.2 Å². The highest BCUT2D eigenvalue weighted by atomic mass is 16.5. The van der Waals surface area contributed by atoms with Crippen molar-refractivity contribution < 1.29 is 14.9 Å². The Morgan fingerprint density at radius 1 is 1.35 bits per heavy atom. The number of aliphatic hydroxyl groups excluding tert-OH is 2. The number of rotatable bonds is 7. The lowest BCUT2D eigenvalue weighted by Crippen LogP contribution is -2.28. The van der Waals surface area contributed by atoms with Crippen LogP contribution in [0.4, 0.5) is 0 Å². The lowest BCUT2D eigenvalue weighted by atomic mass is 10.0. The van der Waals surface area contributed by atoms with Gasteiger partial charge in [-0.05, 0) is 12.8 Å². The second-order valence-electron chi connectivity index (χ2n) is 5.60. The highest BCUT2D eigenvalue weighted by molar-refractivity contribution is 4.95. The number of aliphatic hydroxyl groups is 2. The first-order chi connectivity index (χ1) is 9.67. The zero-order chi connectivity index (χ0) is 14.5. The van der Waals surface area contributed by atoms with Crippen molar-refractivity contribution >= 4 is 0 Å². The van der Waals surface area contributed by atoms with E-state index in [1.165, 1.54) is 19.3 Å². The summed E-state index contributed by atoms with van der Waals surface area (Å²) in [4.78, 5) is 0. The monoisotopic (exact) mass is 283 g/mol. The topological polar surface area (TPSA) is 80.4 Å². The van der Waals surface area contributed by atoms with Crippen molar-refractivity contribution in [2.24, 2.45) is 5.92 Å². The van der Waals surface area contributed by atoms with Gasteiger partial charge in [0.1, 0.15) is 6.10 Å². The van der Waals surface area contributed by atoms with Crippen LogP contribution in [0.3, 0.4) is 0 Å². The normalized spacial score (nSPS) is 30.0. The van der Waals surface area contributed by atoms with Crippen molar-refractivity contribution in [1.29, 1.82) is 0 Å². The van der Waals surface area contributed by atoms with Gasteiger partial charge in [-0.3, -0.25) is 0 Å². The molecule has 6 heteroatoms. The molecule has 0 saturated carbocycles. The number of aryl methyl sites for hydroxylation is 1. The fourth-order valence-corrected chi connectivity index (χ4v) is 2.63. The Kier molecular flexibility index (Phi) is 5.51. The molecule has 0 aliphatic carbocycles. The van der Waals surface area contributed by atoms with Crippen molar-refractivity contribution in [3.63, 3.8) is 0 Å². The van der Waals surface area contributed by atoms with Gasteiger partial charge in [-0.25, -0.2) is 4.68 Å². The van der Waals surface area contributed by atoms with Gasteiger partial charge in [-0.15, -0.1) is 5.10 Å². The van der Waals surface area contributed by atoms with Crippen molar-refractivity contribution in [1.82, 2.24) is 15.0 Å². The van der Waals surface area contributed by atoms with Crippen LogP contribution in [0, 0.1) is 5.92 Å². The molecule has 1 aliphatic heterocycles. The summed E-state index contributed by atoms with van der Waals surface area (Å²) >= 11 is 0. The first-order valence-electron chi connectivity index (χ1n) is 7.52. The zero-order valence-electron chi connectivity index (χ0n) is 12.3. The lowest BCUT2D eigenvalue weighted by Gasteiger charge is -2.14. The fraction of sp³-hybridized carbons (Fsp3) is 0.857. The summed E-state index contributed by atoms with van der Waals surface area (Å²) in [5.41, 5.74) is 0.957. The van der Waals surface area contributed by atoms with Crippen LogP contribution in [0.2, 0.25) is 0 Å². The van der Waals surface area contributed by atoms with E-state index in [0.29, 0.717) is 0 Å². The summed E-state index contributed by atoms with van der Waals surface area (Å²) in [6, 6.07) is 0. The maximum Gasteiger partial charge on any atom is 0.157 e. The summed E-state index contributed by atoms with van der Waals surface area (Å²) in [5.74, 6) is -0.109. The SMILES string of the molecule is CCCCCCc1cn([C@@H]2O[C@H](CO)[C@H](O)C2C)nn1. The second kappa shape index (κ2) is 7.15. The van der Waals surface area contributed by atoms with E-state index >= 15 is 0 Å². The molecule has 2 heterocycles.